The fraction of sp³-hybridized carbons (Fsp3) is 0.538. The van der Waals surface area contributed by atoms with Crippen LogP contribution in [0.3, 0.4) is 0 Å². The molecule has 1 aromatic rings. The summed E-state index contributed by atoms with van der Waals surface area (Å²) in [6.45, 7) is 0. The van der Waals surface area contributed by atoms with E-state index in [0.29, 0.717) is 0 Å². The molecule has 0 amide bonds. The van der Waals surface area contributed by atoms with E-state index in [1.54, 1.807) is 0 Å². The van der Waals surface area contributed by atoms with Crippen molar-refractivity contribution in [1.82, 2.24) is 0 Å². The van der Waals surface area contributed by atoms with Gasteiger partial charge in [0.15, 0.2) is 0 Å². The summed E-state index contributed by atoms with van der Waals surface area (Å²) in [6.07, 6.45) is 7.72. The molecule has 1 nitrogen and oxygen atoms in total. The largest absolute Gasteiger partial charge is 0.487 e. The zero-order valence-corrected chi connectivity index (χ0v) is 8.46. The second kappa shape index (κ2) is 3.01. The molecule has 0 atom stereocenters. The van der Waals surface area contributed by atoms with Gasteiger partial charge in [0.2, 0.25) is 0 Å². The molecule has 1 heteroatoms. The summed E-state index contributed by atoms with van der Waals surface area (Å²) < 4.78 is 6.14. The molecule has 0 bridgehead atoms. The van der Waals surface area contributed by atoms with Crippen molar-refractivity contribution in [3.8, 4) is 5.75 Å². The minimum Gasteiger partial charge on any atom is -0.487 e. The van der Waals surface area contributed by atoms with Gasteiger partial charge in [0.25, 0.3) is 0 Å². The van der Waals surface area contributed by atoms with E-state index < -0.39 is 0 Å². The van der Waals surface area contributed by atoms with E-state index in [2.05, 4.69) is 24.3 Å². The predicted molar refractivity (Wildman–Crippen MR) is 56.6 cm³/mol. The second-order valence-electron chi connectivity index (χ2n) is 4.63. The lowest BCUT2D eigenvalue weighted by Gasteiger charge is -2.32. The molecule has 74 valence electrons. The molecule has 1 aromatic carbocycles. The minimum absolute atomic E-state index is 0.182. The summed E-state index contributed by atoms with van der Waals surface area (Å²) in [5, 5.41) is 0. The highest BCUT2D eigenvalue weighted by molar-refractivity contribution is 5.39. The summed E-state index contributed by atoms with van der Waals surface area (Å²) in [6, 6.07) is 8.50. The SMILES string of the molecule is c1ccc2c(c1)CC1(CCCCC1)O2. The van der Waals surface area contributed by atoms with E-state index in [1.165, 1.54) is 37.7 Å². The molecule has 1 spiro atoms. The highest BCUT2D eigenvalue weighted by atomic mass is 16.5. The zero-order valence-electron chi connectivity index (χ0n) is 8.46. The van der Waals surface area contributed by atoms with E-state index in [4.69, 9.17) is 4.74 Å². The highest BCUT2D eigenvalue weighted by Gasteiger charge is 2.39. The van der Waals surface area contributed by atoms with Gasteiger partial charge >= 0.3 is 0 Å². The maximum absolute atomic E-state index is 6.14. The van der Waals surface area contributed by atoms with Crippen LogP contribution < -0.4 is 4.74 Å². The van der Waals surface area contributed by atoms with Gasteiger partial charge in [-0.15, -0.1) is 0 Å². The zero-order chi connectivity index (χ0) is 9.43. The summed E-state index contributed by atoms with van der Waals surface area (Å²) in [7, 11) is 0. The molecule has 2 aliphatic rings. The molecule has 0 aromatic heterocycles. The Hall–Kier alpha value is -0.980. The van der Waals surface area contributed by atoms with Crippen molar-refractivity contribution < 1.29 is 4.74 Å². The van der Waals surface area contributed by atoms with Gasteiger partial charge in [-0.1, -0.05) is 24.6 Å². The third-order valence-electron chi connectivity index (χ3n) is 3.58. The smallest absolute Gasteiger partial charge is 0.123 e. The average Bonchev–Trinajstić information content (AvgIpc) is 2.56. The fourth-order valence-corrected chi connectivity index (χ4v) is 2.84. The Morgan fingerprint density at radius 1 is 1.00 bits per heavy atom. The number of hydrogen-bond donors (Lipinski definition) is 0. The van der Waals surface area contributed by atoms with Gasteiger partial charge in [-0.2, -0.15) is 0 Å². The van der Waals surface area contributed by atoms with Gasteiger partial charge in [-0.05, 0) is 37.3 Å². The van der Waals surface area contributed by atoms with Crippen LogP contribution in [0.15, 0.2) is 24.3 Å². The Kier molecular flexibility index (Phi) is 1.79. The molecule has 0 radical (unpaired) electrons. The minimum atomic E-state index is 0.182. The number of ether oxygens (including phenoxy) is 1. The normalized spacial score (nSPS) is 23.1. The molecule has 3 rings (SSSR count). The first-order chi connectivity index (χ1) is 6.88. The Labute approximate surface area is 85.1 Å². The summed E-state index contributed by atoms with van der Waals surface area (Å²) in [5.74, 6) is 1.13. The topological polar surface area (TPSA) is 9.23 Å². The summed E-state index contributed by atoms with van der Waals surface area (Å²) in [4.78, 5) is 0. The number of rotatable bonds is 0. The van der Waals surface area contributed by atoms with Crippen LogP contribution >= 0.6 is 0 Å². The van der Waals surface area contributed by atoms with E-state index in [1.807, 2.05) is 0 Å². The molecule has 1 saturated carbocycles. The van der Waals surface area contributed by atoms with E-state index in [0.717, 1.165) is 12.2 Å². The lowest BCUT2D eigenvalue weighted by molar-refractivity contribution is 0.0529. The van der Waals surface area contributed by atoms with Crippen LogP contribution in [0.1, 0.15) is 37.7 Å². The average molecular weight is 188 g/mol. The van der Waals surface area contributed by atoms with E-state index in [-0.39, 0.29) is 5.60 Å². The first-order valence-electron chi connectivity index (χ1n) is 5.65. The number of para-hydroxylation sites is 1. The van der Waals surface area contributed by atoms with Crippen LogP contribution in [0.4, 0.5) is 0 Å². The number of hydrogen-bond acceptors (Lipinski definition) is 1. The second-order valence-corrected chi connectivity index (χ2v) is 4.63. The van der Waals surface area contributed by atoms with Crippen molar-refractivity contribution in [3.63, 3.8) is 0 Å². The van der Waals surface area contributed by atoms with Crippen molar-refractivity contribution in [3.05, 3.63) is 29.8 Å². The summed E-state index contributed by atoms with van der Waals surface area (Å²) in [5.41, 5.74) is 1.59. The lowest BCUT2D eigenvalue weighted by Crippen LogP contribution is -2.36. The standard InChI is InChI=1S/C13H16O/c1-4-8-13(9-5-1)10-11-6-2-3-7-12(11)14-13/h2-3,6-7H,1,4-5,8-10H2. The molecular weight excluding hydrogens is 172 g/mol. The molecule has 0 N–H and O–H groups in total. The van der Waals surface area contributed by atoms with Crippen LogP contribution in [0.25, 0.3) is 0 Å². The van der Waals surface area contributed by atoms with Crippen molar-refractivity contribution in [2.45, 2.75) is 44.1 Å². The van der Waals surface area contributed by atoms with Crippen LogP contribution in [0, 0.1) is 0 Å². The van der Waals surface area contributed by atoms with Crippen LogP contribution in [-0.2, 0) is 6.42 Å². The predicted octanol–water partition coefficient (Wildman–Crippen LogP) is 3.32. The molecule has 1 fully saturated rings. The van der Waals surface area contributed by atoms with Gasteiger partial charge in [0, 0.05) is 6.42 Å². The van der Waals surface area contributed by atoms with Crippen LogP contribution in [0.2, 0.25) is 0 Å². The molecule has 0 saturated heterocycles. The van der Waals surface area contributed by atoms with Gasteiger partial charge in [0.05, 0.1) is 0 Å². The van der Waals surface area contributed by atoms with Gasteiger partial charge in [-0.3, -0.25) is 0 Å². The third kappa shape index (κ3) is 1.23. The lowest BCUT2D eigenvalue weighted by atomic mass is 9.82. The Balaban J connectivity index is 1.89. The fourth-order valence-electron chi connectivity index (χ4n) is 2.84. The van der Waals surface area contributed by atoms with Crippen molar-refractivity contribution in [2.24, 2.45) is 0 Å². The van der Waals surface area contributed by atoms with E-state index >= 15 is 0 Å². The Morgan fingerprint density at radius 2 is 1.79 bits per heavy atom. The van der Waals surface area contributed by atoms with Crippen molar-refractivity contribution in [2.75, 3.05) is 0 Å². The molecule has 0 unspecified atom stereocenters. The molecular formula is C13H16O. The summed E-state index contributed by atoms with van der Waals surface area (Å²) >= 11 is 0. The molecule has 1 aliphatic heterocycles. The van der Waals surface area contributed by atoms with Gasteiger partial charge in [0.1, 0.15) is 11.4 Å². The Morgan fingerprint density at radius 3 is 2.57 bits per heavy atom. The Bertz CT molecular complexity index is 310. The first-order valence-corrected chi connectivity index (χ1v) is 5.65. The molecule has 1 aliphatic carbocycles. The number of benzene rings is 1. The van der Waals surface area contributed by atoms with Crippen LogP contribution in [-0.4, -0.2) is 5.60 Å². The number of fused-ring (bicyclic) bond motifs is 1. The van der Waals surface area contributed by atoms with Crippen LogP contribution in [0.5, 0.6) is 5.75 Å². The van der Waals surface area contributed by atoms with Crippen molar-refractivity contribution in [1.29, 1.82) is 0 Å². The van der Waals surface area contributed by atoms with Crippen molar-refractivity contribution >= 4 is 0 Å². The van der Waals surface area contributed by atoms with E-state index in [9.17, 15) is 0 Å². The monoisotopic (exact) mass is 188 g/mol. The molecule has 14 heavy (non-hydrogen) atoms. The third-order valence-corrected chi connectivity index (χ3v) is 3.58. The maximum Gasteiger partial charge on any atom is 0.123 e. The van der Waals surface area contributed by atoms with Gasteiger partial charge in [-0.25, -0.2) is 0 Å². The first kappa shape index (κ1) is 8.34. The maximum atomic E-state index is 6.14. The quantitative estimate of drug-likeness (QED) is 0.607. The van der Waals surface area contributed by atoms with Gasteiger partial charge < -0.3 is 4.74 Å². The molecule has 1 heterocycles. The highest BCUT2D eigenvalue weighted by Crippen LogP contribution is 2.42.